The van der Waals surface area contributed by atoms with Crippen molar-refractivity contribution in [1.29, 1.82) is 0 Å². The van der Waals surface area contributed by atoms with Crippen molar-refractivity contribution in [2.45, 2.75) is 25.3 Å². The molecule has 0 fully saturated rings. The number of anilines is 1. The van der Waals surface area contributed by atoms with Gasteiger partial charge in [0.25, 0.3) is 0 Å². The predicted molar refractivity (Wildman–Crippen MR) is 130 cm³/mol. The van der Waals surface area contributed by atoms with Crippen molar-refractivity contribution in [3.05, 3.63) is 108 Å². The quantitative estimate of drug-likeness (QED) is 0.518. The maximum Gasteiger partial charge on any atom is 0.355 e. The lowest BCUT2D eigenvalue weighted by molar-refractivity contribution is -0.139. The van der Waals surface area contributed by atoms with Gasteiger partial charge in [-0.1, -0.05) is 78.4 Å². The zero-order valence-corrected chi connectivity index (χ0v) is 19.0. The smallest absolute Gasteiger partial charge is 0.355 e. The van der Waals surface area contributed by atoms with Crippen molar-refractivity contribution in [2.75, 3.05) is 11.6 Å². The van der Waals surface area contributed by atoms with Crippen LogP contribution in [0.5, 0.6) is 0 Å². The van der Waals surface area contributed by atoms with Crippen molar-refractivity contribution in [3.63, 3.8) is 0 Å². The lowest BCUT2D eigenvalue weighted by atomic mass is 9.76. The van der Waals surface area contributed by atoms with E-state index in [1.807, 2.05) is 91.9 Å². The Morgan fingerprint density at radius 1 is 1.00 bits per heavy atom. The zero-order valence-electron chi connectivity index (χ0n) is 19.0. The number of hydrogen-bond acceptors (Lipinski definition) is 6. The van der Waals surface area contributed by atoms with Gasteiger partial charge >= 0.3 is 11.9 Å². The van der Waals surface area contributed by atoms with Gasteiger partial charge in [-0.2, -0.15) is 5.10 Å². The van der Waals surface area contributed by atoms with Gasteiger partial charge in [0, 0.05) is 5.56 Å². The standard InChI is InChI=1S/C28H24N2O4/c1-3-33-26(31)25-24(21-10-6-4-7-11-21)28(30(29-25)22-12-8-5-9-13-22)18-23(34-27(28)32)20-16-14-19(2)15-17-20/h4-18,24H,3H2,1-2H3. The highest BCUT2D eigenvalue weighted by molar-refractivity contribution is 6.41. The van der Waals surface area contributed by atoms with Gasteiger partial charge in [0.05, 0.1) is 18.2 Å². The van der Waals surface area contributed by atoms with Crippen LogP contribution in [0.2, 0.25) is 0 Å². The molecule has 1 spiro atoms. The summed E-state index contributed by atoms with van der Waals surface area (Å²) < 4.78 is 11.2. The highest BCUT2D eigenvalue weighted by Gasteiger charge is 2.62. The molecule has 0 aliphatic carbocycles. The molecule has 2 atom stereocenters. The molecule has 3 aromatic rings. The molecule has 0 bridgehead atoms. The number of para-hydroxylation sites is 1. The maximum atomic E-state index is 13.8. The van der Waals surface area contributed by atoms with Gasteiger partial charge in [-0.05, 0) is 37.6 Å². The van der Waals surface area contributed by atoms with Crippen LogP contribution in [0.15, 0.2) is 96.1 Å². The number of hydrogen-bond donors (Lipinski definition) is 0. The summed E-state index contributed by atoms with van der Waals surface area (Å²) in [5.41, 5.74) is 2.10. The van der Waals surface area contributed by atoms with E-state index in [0.717, 1.165) is 16.7 Å². The summed E-state index contributed by atoms with van der Waals surface area (Å²) >= 11 is 0. The van der Waals surface area contributed by atoms with Crippen LogP contribution in [0, 0.1) is 6.92 Å². The Morgan fingerprint density at radius 2 is 1.65 bits per heavy atom. The van der Waals surface area contributed by atoms with Gasteiger partial charge in [-0.3, -0.25) is 0 Å². The fourth-order valence-corrected chi connectivity index (χ4v) is 4.52. The number of nitrogens with zero attached hydrogens (tertiary/aromatic N) is 2. The number of aryl methyl sites for hydroxylation is 1. The van der Waals surface area contributed by atoms with E-state index in [9.17, 15) is 9.59 Å². The van der Waals surface area contributed by atoms with Gasteiger partial charge in [-0.15, -0.1) is 0 Å². The van der Waals surface area contributed by atoms with E-state index in [-0.39, 0.29) is 12.3 Å². The third-order valence-corrected chi connectivity index (χ3v) is 6.11. The number of benzene rings is 3. The summed E-state index contributed by atoms with van der Waals surface area (Å²) in [7, 11) is 0. The summed E-state index contributed by atoms with van der Waals surface area (Å²) in [5, 5.41) is 6.29. The van der Waals surface area contributed by atoms with E-state index < -0.39 is 23.4 Å². The first kappa shape index (κ1) is 21.6. The average molecular weight is 453 g/mol. The van der Waals surface area contributed by atoms with Crippen molar-refractivity contribution in [2.24, 2.45) is 5.10 Å². The summed E-state index contributed by atoms with van der Waals surface area (Å²) in [6.07, 6.45) is 1.79. The molecule has 2 unspecified atom stereocenters. The molecule has 2 heterocycles. The molecule has 34 heavy (non-hydrogen) atoms. The van der Waals surface area contributed by atoms with Gasteiger partial charge in [0.2, 0.25) is 0 Å². The van der Waals surface area contributed by atoms with Gasteiger partial charge in [0.15, 0.2) is 11.3 Å². The molecule has 5 rings (SSSR count). The molecule has 0 aromatic heterocycles. The molecular weight excluding hydrogens is 428 g/mol. The number of rotatable bonds is 5. The predicted octanol–water partition coefficient (Wildman–Crippen LogP) is 4.85. The second-order valence-corrected chi connectivity index (χ2v) is 8.29. The van der Waals surface area contributed by atoms with E-state index in [2.05, 4.69) is 0 Å². The van der Waals surface area contributed by atoms with Crippen LogP contribution in [0.4, 0.5) is 5.69 Å². The molecule has 0 saturated heterocycles. The molecular formula is C28H24N2O4. The molecule has 6 nitrogen and oxygen atoms in total. The monoisotopic (exact) mass is 452 g/mol. The van der Waals surface area contributed by atoms with E-state index in [0.29, 0.717) is 11.4 Å². The Balaban J connectivity index is 1.74. The molecule has 2 aliphatic rings. The molecule has 3 aromatic carbocycles. The number of hydrazone groups is 1. The fraction of sp³-hybridized carbons (Fsp3) is 0.179. The SMILES string of the molecule is CCOC(=O)C1=NN(c2ccccc2)C2(C=C(c3ccc(C)cc3)OC2=O)C1c1ccccc1. The van der Waals surface area contributed by atoms with Crippen LogP contribution in [-0.2, 0) is 19.1 Å². The third-order valence-electron chi connectivity index (χ3n) is 6.11. The minimum absolute atomic E-state index is 0.162. The highest BCUT2D eigenvalue weighted by atomic mass is 16.5. The molecule has 2 aliphatic heterocycles. The third kappa shape index (κ3) is 3.48. The van der Waals surface area contributed by atoms with Crippen LogP contribution in [0.25, 0.3) is 5.76 Å². The summed E-state index contributed by atoms with van der Waals surface area (Å²) in [6.45, 7) is 3.95. The number of ether oxygens (including phenoxy) is 2. The second kappa shape index (κ2) is 8.63. The van der Waals surface area contributed by atoms with E-state index in [4.69, 9.17) is 14.6 Å². The topological polar surface area (TPSA) is 68.2 Å². The largest absolute Gasteiger partial charge is 0.461 e. The number of carbonyl (C=O) groups is 2. The molecule has 0 amide bonds. The Labute approximate surface area is 198 Å². The number of cyclic esters (lactones) is 1. The van der Waals surface area contributed by atoms with Crippen LogP contribution in [-0.4, -0.2) is 29.8 Å². The Kier molecular flexibility index (Phi) is 5.49. The Morgan fingerprint density at radius 3 is 2.29 bits per heavy atom. The summed E-state index contributed by atoms with van der Waals surface area (Å²) in [4.78, 5) is 26.9. The minimum Gasteiger partial charge on any atom is -0.461 e. The molecule has 0 radical (unpaired) electrons. The highest BCUT2D eigenvalue weighted by Crippen LogP contribution is 2.49. The van der Waals surface area contributed by atoms with Crippen LogP contribution < -0.4 is 5.01 Å². The van der Waals surface area contributed by atoms with Gasteiger partial charge in [0.1, 0.15) is 5.76 Å². The van der Waals surface area contributed by atoms with Gasteiger partial charge in [-0.25, -0.2) is 14.6 Å². The zero-order chi connectivity index (χ0) is 23.7. The van der Waals surface area contributed by atoms with Crippen molar-refractivity contribution in [3.8, 4) is 0 Å². The first-order valence-electron chi connectivity index (χ1n) is 11.2. The normalized spacial score (nSPS) is 21.3. The van der Waals surface area contributed by atoms with E-state index >= 15 is 0 Å². The van der Waals surface area contributed by atoms with Crippen LogP contribution >= 0.6 is 0 Å². The minimum atomic E-state index is -1.38. The maximum absolute atomic E-state index is 13.8. The van der Waals surface area contributed by atoms with Crippen molar-refractivity contribution in [1.82, 2.24) is 0 Å². The lowest BCUT2D eigenvalue weighted by Gasteiger charge is -2.33. The summed E-state index contributed by atoms with van der Waals surface area (Å²) in [6, 6.07) is 26.5. The Hall–Kier alpha value is -4.19. The van der Waals surface area contributed by atoms with E-state index in [1.54, 1.807) is 18.0 Å². The average Bonchev–Trinajstić information content (AvgIpc) is 3.39. The molecule has 0 N–H and O–H groups in total. The van der Waals surface area contributed by atoms with E-state index in [1.165, 1.54) is 0 Å². The molecule has 0 saturated carbocycles. The number of carbonyl (C=O) groups excluding carboxylic acids is 2. The fourth-order valence-electron chi connectivity index (χ4n) is 4.52. The number of esters is 2. The van der Waals surface area contributed by atoms with Gasteiger partial charge < -0.3 is 9.47 Å². The van der Waals surface area contributed by atoms with Crippen LogP contribution in [0.1, 0.15) is 29.5 Å². The summed E-state index contributed by atoms with van der Waals surface area (Å²) in [5.74, 6) is -1.33. The Bertz CT molecular complexity index is 1280. The molecule has 170 valence electrons. The lowest BCUT2D eigenvalue weighted by Crippen LogP contribution is -2.51. The second-order valence-electron chi connectivity index (χ2n) is 8.29. The van der Waals surface area contributed by atoms with Crippen molar-refractivity contribution >= 4 is 29.1 Å². The van der Waals surface area contributed by atoms with Crippen LogP contribution in [0.3, 0.4) is 0 Å². The molecule has 6 heteroatoms. The first-order valence-corrected chi connectivity index (χ1v) is 11.2. The van der Waals surface area contributed by atoms with Crippen molar-refractivity contribution < 1.29 is 19.1 Å². The first-order chi connectivity index (χ1) is 16.5.